The van der Waals surface area contributed by atoms with Crippen molar-refractivity contribution in [2.45, 2.75) is 0 Å². The Morgan fingerprint density at radius 2 is 2.08 bits per heavy atom. The molecule has 0 unspecified atom stereocenters. The molecule has 0 fully saturated rings. The summed E-state index contributed by atoms with van der Waals surface area (Å²) in [5, 5.41) is 1.72. The minimum absolute atomic E-state index is 0.336. The van der Waals surface area contributed by atoms with Crippen LogP contribution < -0.4 is 0 Å². The zero-order valence-electron chi connectivity index (χ0n) is 6.50. The Kier molecular flexibility index (Phi) is 2.06. The quantitative estimate of drug-likeness (QED) is 0.684. The van der Waals surface area contributed by atoms with E-state index < -0.39 is 11.6 Å². The van der Waals surface area contributed by atoms with Crippen molar-refractivity contribution in [3.8, 4) is 11.3 Å². The van der Waals surface area contributed by atoms with E-state index in [1.165, 1.54) is 23.5 Å². The highest BCUT2D eigenvalue weighted by Gasteiger charge is 2.06. The van der Waals surface area contributed by atoms with E-state index >= 15 is 0 Å². The number of aromatic nitrogens is 1. The van der Waals surface area contributed by atoms with E-state index in [9.17, 15) is 8.78 Å². The van der Waals surface area contributed by atoms with Crippen molar-refractivity contribution in [1.82, 2.24) is 4.98 Å². The molecule has 1 aromatic heterocycles. The molecule has 0 amide bonds. The lowest BCUT2D eigenvalue weighted by Gasteiger charge is -1.98. The van der Waals surface area contributed by atoms with Gasteiger partial charge in [0.05, 0.1) is 11.2 Å². The maximum atomic E-state index is 13.1. The van der Waals surface area contributed by atoms with Crippen LogP contribution in [0.1, 0.15) is 0 Å². The highest BCUT2D eigenvalue weighted by Crippen LogP contribution is 2.22. The van der Waals surface area contributed by atoms with Crippen LogP contribution in [0.3, 0.4) is 0 Å². The SMILES string of the molecule is Fc1ccc(-c2cscn2)c(F)c1. The average Bonchev–Trinajstić information content (AvgIpc) is 2.56. The normalized spacial score (nSPS) is 10.3. The van der Waals surface area contributed by atoms with E-state index in [1.807, 2.05) is 0 Å². The lowest BCUT2D eigenvalue weighted by atomic mass is 10.1. The van der Waals surface area contributed by atoms with Crippen molar-refractivity contribution in [2.75, 3.05) is 0 Å². The molecule has 1 aromatic carbocycles. The van der Waals surface area contributed by atoms with Crippen molar-refractivity contribution in [1.29, 1.82) is 0 Å². The fraction of sp³-hybridized carbons (Fsp3) is 0. The van der Waals surface area contributed by atoms with Crippen LogP contribution in [0.15, 0.2) is 29.1 Å². The summed E-state index contributed by atoms with van der Waals surface area (Å²) in [4.78, 5) is 3.93. The number of halogens is 2. The van der Waals surface area contributed by atoms with Crippen molar-refractivity contribution in [3.05, 3.63) is 40.7 Å². The van der Waals surface area contributed by atoms with Crippen LogP contribution >= 0.6 is 11.3 Å². The van der Waals surface area contributed by atoms with E-state index in [4.69, 9.17) is 0 Å². The van der Waals surface area contributed by atoms with Crippen LogP contribution in [0.4, 0.5) is 8.78 Å². The summed E-state index contributed by atoms with van der Waals surface area (Å²) < 4.78 is 25.7. The summed E-state index contributed by atoms with van der Waals surface area (Å²) in [5.74, 6) is -1.15. The Labute approximate surface area is 77.7 Å². The topological polar surface area (TPSA) is 12.9 Å². The molecule has 0 atom stereocenters. The minimum Gasteiger partial charge on any atom is -0.245 e. The minimum atomic E-state index is -0.578. The van der Waals surface area contributed by atoms with Gasteiger partial charge in [-0.3, -0.25) is 0 Å². The summed E-state index contributed by atoms with van der Waals surface area (Å²) in [6.45, 7) is 0. The second kappa shape index (κ2) is 3.22. The van der Waals surface area contributed by atoms with Gasteiger partial charge < -0.3 is 0 Å². The van der Waals surface area contributed by atoms with Gasteiger partial charge in [-0.15, -0.1) is 11.3 Å². The van der Waals surface area contributed by atoms with E-state index in [0.717, 1.165) is 6.07 Å². The highest BCUT2D eigenvalue weighted by atomic mass is 32.1. The number of nitrogens with zero attached hydrogens (tertiary/aromatic N) is 1. The van der Waals surface area contributed by atoms with Gasteiger partial charge in [0, 0.05) is 17.0 Å². The van der Waals surface area contributed by atoms with Crippen LogP contribution in [0.2, 0.25) is 0 Å². The fourth-order valence-corrected chi connectivity index (χ4v) is 1.59. The molecule has 0 aliphatic rings. The molecule has 0 spiro atoms. The Balaban J connectivity index is 2.53. The first-order valence-electron chi connectivity index (χ1n) is 3.61. The molecule has 0 bridgehead atoms. The molecule has 1 nitrogen and oxygen atoms in total. The van der Waals surface area contributed by atoms with Gasteiger partial charge >= 0.3 is 0 Å². The van der Waals surface area contributed by atoms with Crippen LogP contribution in [0.5, 0.6) is 0 Å². The zero-order chi connectivity index (χ0) is 9.26. The van der Waals surface area contributed by atoms with Crippen molar-refractivity contribution < 1.29 is 8.78 Å². The fourth-order valence-electron chi connectivity index (χ4n) is 1.04. The summed E-state index contributed by atoms with van der Waals surface area (Å²) in [5.41, 5.74) is 2.49. The Morgan fingerprint density at radius 1 is 1.23 bits per heavy atom. The standard InChI is InChI=1S/C9H5F2NS/c10-6-1-2-7(8(11)3-6)9-4-13-5-12-9/h1-5H. The molecular weight excluding hydrogens is 192 g/mol. The lowest BCUT2D eigenvalue weighted by molar-refractivity contribution is 0.585. The van der Waals surface area contributed by atoms with Crippen molar-refractivity contribution in [2.24, 2.45) is 0 Å². The largest absolute Gasteiger partial charge is 0.245 e. The second-order valence-electron chi connectivity index (χ2n) is 2.50. The lowest BCUT2D eigenvalue weighted by Crippen LogP contribution is -1.85. The Morgan fingerprint density at radius 3 is 2.69 bits per heavy atom. The van der Waals surface area contributed by atoms with E-state index in [1.54, 1.807) is 10.9 Å². The summed E-state index contributed by atoms with van der Waals surface area (Å²) in [6.07, 6.45) is 0. The summed E-state index contributed by atoms with van der Waals surface area (Å²) in [6, 6.07) is 3.46. The predicted molar refractivity (Wildman–Crippen MR) is 47.5 cm³/mol. The molecule has 1 heterocycles. The molecule has 2 aromatic rings. The third-order valence-corrected chi connectivity index (χ3v) is 2.23. The summed E-state index contributed by atoms with van der Waals surface area (Å²) in [7, 11) is 0. The molecule has 0 aliphatic heterocycles. The Bertz CT molecular complexity index is 412. The number of hydrogen-bond acceptors (Lipinski definition) is 2. The first kappa shape index (κ1) is 8.31. The van der Waals surface area contributed by atoms with Crippen LogP contribution in [-0.2, 0) is 0 Å². The van der Waals surface area contributed by atoms with Crippen molar-refractivity contribution >= 4 is 11.3 Å². The third-order valence-electron chi connectivity index (χ3n) is 1.64. The molecule has 4 heteroatoms. The Hall–Kier alpha value is -1.29. The predicted octanol–water partition coefficient (Wildman–Crippen LogP) is 3.09. The molecule has 0 saturated heterocycles. The molecule has 0 radical (unpaired) electrons. The van der Waals surface area contributed by atoms with E-state index in [2.05, 4.69) is 4.98 Å². The van der Waals surface area contributed by atoms with E-state index in [-0.39, 0.29) is 0 Å². The van der Waals surface area contributed by atoms with Gasteiger partial charge in [0.25, 0.3) is 0 Å². The molecule has 0 N–H and O–H groups in total. The maximum Gasteiger partial charge on any atom is 0.135 e. The van der Waals surface area contributed by atoms with Crippen LogP contribution in [0.25, 0.3) is 11.3 Å². The number of rotatable bonds is 1. The van der Waals surface area contributed by atoms with E-state index in [0.29, 0.717) is 11.3 Å². The summed E-state index contributed by atoms with van der Waals surface area (Å²) >= 11 is 1.38. The van der Waals surface area contributed by atoms with Gasteiger partial charge in [0.2, 0.25) is 0 Å². The highest BCUT2D eigenvalue weighted by molar-refractivity contribution is 7.07. The first-order valence-corrected chi connectivity index (χ1v) is 4.55. The van der Waals surface area contributed by atoms with Crippen LogP contribution in [0, 0.1) is 11.6 Å². The second-order valence-corrected chi connectivity index (χ2v) is 3.22. The number of benzene rings is 1. The van der Waals surface area contributed by atoms with Gasteiger partial charge in [0.1, 0.15) is 11.6 Å². The van der Waals surface area contributed by atoms with Gasteiger partial charge in [-0.05, 0) is 12.1 Å². The smallest absolute Gasteiger partial charge is 0.135 e. The van der Waals surface area contributed by atoms with Crippen LogP contribution in [-0.4, -0.2) is 4.98 Å². The molecule has 0 saturated carbocycles. The number of thiazole rings is 1. The maximum absolute atomic E-state index is 13.1. The van der Waals surface area contributed by atoms with Gasteiger partial charge in [-0.25, -0.2) is 13.8 Å². The average molecular weight is 197 g/mol. The third kappa shape index (κ3) is 1.58. The molecule has 2 rings (SSSR count). The van der Waals surface area contributed by atoms with Crippen molar-refractivity contribution in [3.63, 3.8) is 0 Å². The van der Waals surface area contributed by atoms with Gasteiger partial charge in [-0.1, -0.05) is 0 Å². The monoisotopic (exact) mass is 197 g/mol. The molecule has 13 heavy (non-hydrogen) atoms. The van der Waals surface area contributed by atoms with Gasteiger partial charge in [-0.2, -0.15) is 0 Å². The number of hydrogen-bond donors (Lipinski definition) is 0. The molecule has 0 aliphatic carbocycles. The first-order chi connectivity index (χ1) is 6.27. The molecular formula is C9H5F2NS. The molecule has 66 valence electrons. The zero-order valence-corrected chi connectivity index (χ0v) is 7.31. The van der Waals surface area contributed by atoms with Gasteiger partial charge in [0.15, 0.2) is 0 Å².